The first kappa shape index (κ1) is 35.6. The highest BCUT2D eigenvalue weighted by Crippen LogP contribution is 2.66. The number of aliphatic hydroxyl groups is 1. The van der Waals surface area contributed by atoms with E-state index in [1.54, 1.807) is 11.1 Å². The Morgan fingerprint density at radius 1 is 0.953 bits per heavy atom. The van der Waals surface area contributed by atoms with Gasteiger partial charge in [0.15, 0.2) is 0 Å². The molecule has 2 saturated carbocycles. The molecule has 0 amide bonds. The smallest absolute Gasteiger partial charge is 0.466 e. The summed E-state index contributed by atoms with van der Waals surface area (Å²) >= 11 is 0. The van der Waals surface area contributed by atoms with Crippen LogP contribution in [0.4, 0.5) is 0 Å². The van der Waals surface area contributed by atoms with E-state index < -0.39 is 13.8 Å². The van der Waals surface area contributed by atoms with Crippen LogP contribution in [0, 0.1) is 28.6 Å². The third kappa shape index (κ3) is 9.83. The Kier molecular flexibility index (Phi) is 13.2. The zero-order valence-electron chi connectivity index (χ0n) is 26.3. The minimum Gasteiger partial charge on any atom is -0.481 e. The van der Waals surface area contributed by atoms with Gasteiger partial charge in [0, 0.05) is 18.8 Å². The molecular formula is C34H54NO7P. The predicted molar refractivity (Wildman–Crippen MR) is 170 cm³/mol. The molecule has 1 heterocycles. The zero-order valence-corrected chi connectivity index (χ0v) is 27.2. The van der Waals surface area contributed by atoms with Crippen LogP contribution < -0.4 is 0 Å². The maximum absolute atomic E-state index is 10.2. The maximum atomic E-state index is 10.2. The van der Waals surface area contributed by atoms with Gasteiger partial charge in [-0.25, -0.2) is 4.57 Å². The number of fused-ring (bicyclic) bond motifs is 5. The van der Waals surface area contributed by atoms with E-state index in [2.05, 4.69) is 50.0 Å². The molecule has 1 aromatic rings. The summed E-state index contributed by atoms with van der Waals surface area (Å²) in [6.45, 7) is 7.23. The molecule has 4 aliphatic rings. The number of hydrogen-bond donors (Lipinski definition) is 5. The van der Waals surface area contributed by atoms with Crippen molar-refractivity contribution in [2.75, 3.05) is 0 Å². The van der Waals surface area contributed by atoms with Gasteiger partial charge in [-0.05, 0) is 97.2 Å². The molecule has 0 saturated heterocycles. The van der Waals surface area contributed by atoms with Crippen molar-refractivity contribution in [1.82, 2.24) is 4.98 Å². The number of allylic oxidation sites excluding steroid dienone is 3. The highest BCUT2D eigenvalue weighted by Gasteiger charge is 2.56. The van der Waals surface area contributed by atoms with Crippen LogP contribution in [0.25, 0.3) is 5.57 Å². The maximum Gasteiger partial charge on any atom is 0.466 e. The summed E-state index contributed by atoms with van der Waals surface area (Å²) in [5, 5.41) is 18.5. The van der Waals surface area contributed by atoms with E-state index in [1.165, 1.54) is 69.8 Å². The van der Waals surface area contributed by atoms with E-state index >= 15 is 0 Å². The first-order valence-electron chi connectivity index (χ1n) is 16.3. The standard InChI is InChI=1S/C24H31NO.C10H20O2.H3O4P/c1-23-11-9-18(26)14-17(23)5-6-19-21-8-7-20(16-4-3-13-25-15-16)24(21,2)12-10-22(19)23;1-2-3-4-5-6-7-8-9-10(11)12;1-5(2,3)4/h3-5,7,13,15,18-19,21-22,26H,6,8-12,14H2,1-2H3;2-9H2,1H3,(H,11,12);(H3,1,2,3,4)/t18-,19-,21-,22-,23-,24+;;/m0../s1. The van der Waals surface area contributed by atoms with E-state index in [9.17, 15) is 9.90 Å². The summed E-state index contributed by atoms with van der Waals surface area (Å²) in [5.41, 5.74) is 5.09. The summed E-state index contributed by atoms with van der Waals surface area (Å²) < 4.78 is 8.88. The molecule has 0 radical (unpaired) electrons. The third-order valence-electron chi connectivity index (χ3n) is 10.6. The van der Waals surface area contributed by atoms with Crippen molar-refractivity contribution < 1.29 is 34.3 Å². The average Bonchev–Trinajstić information content (AvgIpc) is 3.30. The van der Waals surface area contributed by atoms with Crippen LogP contribution in [0.1, 0.15) is 123 Å². The van der Waals surface area contributed by atoms with E-state index in [1.807, 2.05) is 12.4 Å². The molecule has 5 N–H and O–H groups in total. The molecule has 6 atom stereocenters. The van der Waals surface area contributed by atoms with Crippen molar-refractivity contribution in [2.24, 2.45) is 28.6 Å². The summed E-state index contributed by atoms with van der Waals surface area (Å²) in [5.74, 6) is 1.69. The van der Waals surface area contributed by atoms with Crippen molar-refractivity contribution in [3.05, 3.63) is 47.8 Å². The highest BCUT2D eigenvalue weighted by atomic mass is 31.2. The molecular weight excluding hydrogens is 565 g/mol. The predicted octanol–water partition coefficient (Wildman–Crippen LogP) is 7.68. The number of nitrogens with zero attached hydrogens (tertiary/aromatic N) is 1. The van der Waals surface area contributed by atoms with Crippen LogP contribution >= 0.6 is 7.82 Å². The minimum absolute atomic E-state index is 0.106. The quantitative estimate of drug-likeness (QED) is 0.107. The molecule has 4 aliphatic carbocycles. The number of carboxylic acid groups (broad SMARTS) is 1. The average molecular weight is 620 g/mol. The molecule has 5 rings (SSSR count). The number of carboxylic acids is 1. The highest BCUT2D eigenvalue weighted by molar-refractivity contribution is 7.45. The Morgan fingerprint density at radius 3 is 2.23 bits per heavy atom. The lowest BCUT2D eigenvalue weighted by molar-refractivity contribution is -0.137. The van der Waals surface area contributed by atoms with Gasteiger partial charge in [-0.3, -0.25) is 9.78 Å². The van der Waals surface area contributed by atoms with E-state index in [0.717, 1.165) is 43.4 Å². The van der Waals surface area contributed by atoms with Gasteiger partial charge in [-0.15, -0.1) is 0 Å². The molecule has 0 aromatic carbocycles. The fraction of sp³-hybridized carbons (Fsp3) is 0.706. The van der Waals surface area contributed by atoms with Gasteiger partial charge in [-0.1, -0.05) is 83.1 Å². The number of phosphoric acid groups is 1. The third-order valence-corrected chi connectivity index (χ3v) is 10.6. The molecule has 2 fully saturated rings. The minimum atomic E-state index is -4.64. The summed E-state index contributed by atoms with van der Waals surface area (Å²) in [7, 11) is -4.64. The second-order valence-electron chi connectivity index (χ2n) is 13.5. The number of aliphatic hydroxyl groups excluding tert-OH is 1. The van der Waals surface area contributed by atoms with Crippen molar-refractivity contribution in [3.63, 3.8) is 0 Å². The molecule has 43 heavy (non-hydrogen) atoms. The SMILES string of the molecule is CCCCCCCCCC(=O)O.C[C@]12CC[C@H](O)CC1=CC[C@@H]1[C@@H]2CC[C@]2(C)C(c3cccnc3)=CC[C@@H]12.O=P(O)(O)O. The number of carbonyl (C=O) groups is 1. The van der Waals surface area contributed by atoms with Gasteiger partial charge < -0.3 is 24.9 Å². The van der Waals surface area contributed by atoms with Crippen LogP contribution in [-0.2, 0) is 9.36 Å². The van der Waals surface area contributed by atoms with Crippen molar-refractivity contribution >= 4 is 19.4 Å². The Morgan fingerprint density at radius 2 is 1.60 bits per heavy atom. The monoisotopic (exact) mass is 619 g/mol. The Hall–Kier alpha value is -1.83. The zero-order chi connectivity index (χ0) is 31.7. The first-order valence-corrected chi connectivity index (χ1v) is 17.8. The number of unbranched alkanes of at least 4 members (excludes halogenated alkanes) is 6. The molecule has 9 heteroatoms. The van der Waals surface area contributed by atoms with Crippen molar-refractivity contribution in [1.29, 1.82) is 0 Å². The summed E-state index contributed by atoms with van der Waals surface area (Å²) in [6.07, 6.45) is 25.7. The Labute approximate surface area is 258 Å². The fourth-order valence-corrected chi connectivity index (χ4v) is 8.41. The molecule has 0 spiro atoms. The summed E-state index contributed by atoms with van der Waals surface area (Å²) in [6, 6.07) is 4.31. The van der Waals surface area contributed by atoms with E-state index in [-0.39, 0.29) is 6.10 Å². The van der Waals surface area contributed by atoms with Crippen LogP contribution in [0.2, 0.25) is 0 Å². The normalized spacial score (nSPS) is 31.0. The number of aliphatic carboxylic acids is 1. The molecule has 242 valence electrons. The number of hydrogen-bond acceptors (Lipinski definition) is 4. The lowest BCUT2D eigenvalue weighted by Gasteiger charge is -2.57. The number of pyridine rings is 1. The van der Waals surface area contributed by atoms with Gasteiger partial charge in [-0.2, -0.15) is 0 Å². The van der Waals surface area contributed by atoms with Crippen LogP contribution in [0.15, 0.2) is 42.3 Å². The van der Waals surface area contributed by atoms with E-state index in [0.29, 0.717) is 17.3 Å². The number of aromatic nitrogens is 1. The lowest BCUT2D eigenvalue weighted by atomic mass is 9.47. The Bertz CT molecular complexity index is 1140. The van der Waals surface area contributed by atoms with Gasteiger partial charge in [0.2, 0.25) is 0 Å². The van der Waals surface area contributed by atoms with Crippen LogP contribution in [0.5, 0.6) is 0 Å². The molecule has 0 aliphatic heterocycles. The molecule has 0 unspecified atom stereocenters. The van der Waals surface area contributed by atoms with E-state index in [4.69, 9.17) is 24.4 Å². The molecule has 1 aromatic heterocycles. The van der Waals surface area contributed by atoms with Gasteiger partial charge in [0.05, 0.1) is 6.10 Å². The topological polar surface area (TPSA) is 148 Å². The Balaban J connectivity index is 0.000000250. The summed E-state index contributed by atoms with van der Waals surface area (Å²) in [4.78, 5) is 36.1. The largest absolute Gasteiger partial charge is 0.481 e. The van der Waals surface area contributed by atoms with Gasteiger partial charge in [0.25, 0.3) is 0 Å². The van der Waals surface area contributed by atoms with Crippen LogP contribution in [-0.4, -0.2) is 42.0 Å². The van der Waals surface area contributed by atoms with Crippen molar-refractivity contribution in [2.45, 2.75) is 123 Å². The molecule has 8 nitrogen and oxygen atoms in total. The second kappa shape index (κ2) is 15.9. The molecule has 0 bridgehead atoms. The fourth-order valence-electron chi connectivity index (χ4n) is 8.41. The second-order valence-corrected chi connectivity index (χ2v) is 14.5. The first-order chi connectivity index (χ1) is 20.3. The number of rotatable bonds is 9. The van der Waals surface area contributed by atoms with Crippen LogP contribution in [0.3, 0.4) is 0 Å². The van der Waals surface area contributed by atoms with Gasteiger partial charge >= 0.3 is 13.8 Å². The van der Waals surface area contributed by atoms with Gasteiger partial charge in [0.1, 0.15) is 0 Å². The van der Waals surface area contributed by atoms with Crippen molar-refractivity contribution in [3.8, 4) is 0 Å². The lowest BCUT2D eigenvalue weighted by Crippen LogP contribution is -2.49.